The summed E-state index contributed by atoms with van der Waals surface area (Å²) in [4.78, 5) is 24.0. The Labute approximate surface area is 150 Å². The van der Waals surface area contributed by atoms with Crippen molar-refractivity contribution in [3.05, 3.63) is 29.8 Å². The molecule has 146 valence electrons. The number of alkyl halides is 2. The third-order valence-electron chi connectivity index (χ3n) is 2.98. The Morgan fingerprint density at radius 3 is 2.23 bits per heavy atom. The predicted molar refractivity (Wildman–Crippen MR) is 87.8 cm³/mol. The summed E-state index contributed by atoms with van der Waals surface area (Å²) in [5.74, 6) is -0.970. The summed E-state index contributed by atoms with van der Waals surface area (Å²) in [6.45, 7) is 3.56. The molecule has 0 aromatic heterocycles. The van der Waals surface area contributed by atoms with Gasteiger partial charge in [-0.25, -0.2) is 9.59 Å². The highest BCUT2D eigenvalue weighted by atomic mass is 19.3. The standard InChI is InChI=1S/C17H23F2NO6/c1-5-24-14(22)12(20-16(23)26-17(2,3)4)13(21)10-6-8-11(9-7-10)25-15(18)19/h6-9,12-13,15,21H,5H2,1-4H3,(H,20,23). The van der Waals surface area contributed by atoms with Gasteiger partial charge < -0.3 is 24.6 Å². The van der Waals surface area contributed by atoms with Crippen LogP contribution in [0.15, 0.2) is 24.3 Å². The van der Waals surface area contributed by atoms with E-state index in [2.05, 4.69) is 10.1 Å². The Balaban J connectivity index is 2.94. The smallest absolute Gasteiger partial charge is 0.408 e. The highest BCUT2D eigenvalue weighted by molar-refractivity contribution is 5.82. The molecule has 0 aliphatic carbocycles. The summed E-state index contributed by atoms with van der Waals surface area (Å²) in [5, 5.41) is 12.7. The fraction of sp³-hybridized carbons (Fsp3) is 0.529. The van der Waals surface area contributed by atoms with Crippen molar-refractivity contribution in [1.29, 1.82) is 0 Å². The first-order chi connectivity index (χ1) is 12.0. The molecule has 9 heteroatoms. The highest BCUT2D eigenvalue weighted by Crippen LogP contribution is 2.22. The molecule has 1 aromatic rings. The molecule has 0 saturated heterocycles. The summed E-state index contributed by atoms with van der Waals surface area (Å²) >= 11 is 0. The summed E-state index contributed by atoms with van der Waals surface area (Å²) in [7, 11) is 0. The van der Waals surface area contributed by atoms with Crippen LogP contribution in [0.5, 0.6) is 5.75 Å². The zero-order chi connectivity index (χ0) is 19.9. The predicted octanol–water partition coefficient (Wildman–Crippen LogP) is 2.78. The number of benzene rings is 1. The van der Waals surface area contributed by atoms with Gasteiger partial charge in [-0.05, 0) is 45.4 Å². The molecule has 2 unspecified atom stereocenters. The van der Waals surface area contributed by atoms with Crippen LogP contribution >= 0.6 is 0 Å². The molecule has 0 fully saturated rings. The second kappa shape index (κ2) is 9.33. The number of hydrogen-bond donors (Lipinski definition) is 2. The maximum Gasteiger partial charge on any atom is 0.408 e. The Kier molecular flexibility index (Phi) is 7.76. The maximum absolute atomic E-state index is 12.2. The molecule has 0 bridgehead atoms. The first-order valence-corrected chi connectivity index (χ1v) is 7.92. The molecule has 0 aliphatic heterocycles. The molecule has 0 spiro atoms. The second-order valence-electron chi connectivity index (χ2n) is 6.27. The topological polar surface area (TPSA) is 94.1 Å². The summed E-state index contributed by atoms with van der Waals surface area (Å²) in [6.07, 6.45) is -2.39. The third kappa shape index (κ3) is 7.22. The van der Waals surface area contributed by atoms with Gasteiger partial charge in [-0.15, -0.1) is 0 Å². The van der Waals surface area contributed by atoms with Crippen molar-refractivity contribution >= 4 is 12.1 Å². The SMILES string of the molecule is CCOC(=O)C(NC(=O)OC(C)(C)C)C(O)c1ccc(OC(F)F)cc1. The van der Waals surface area contributed by atoms with Gasteiger partial charge in [-0.2, -0.15) is 8.78 Å². The van der Waals surface area contributed by atoms with Gasteiger partial charge in [-0.3, -0.25) is 0 Å². The van der Waals surface area contributed by atoms with E-state index in [-0.39, 0.29) is 17.9 Å². The minimum atomic E-state index is -2.98. The van der Waals surface area contributed by atoms with E-state index in [0.29, 0.717) is 0 Å². The second-order valence-corrected chi connectivity index (χ2v) is 6.27. The molecule has 0 saturated carbocycles. The van der Waals surface area contributed by atoms with Gasteiger partial charge in [0.2, 0.25) is 0 Å². The number of nitrogens with one attached hydrogen (secondary N) is 1. The van der Waals surface area contributed by atoms with Crippen molar-refractivity contribution in [3.8, 4) is 5.75 Å². The molecule has 2 atom stereocenters. The Morgan fingerprint density at radius 2 is 1.77 bits per heavy atom. The largest absolute Gasteiger partial charge is 0.464 e. The number of hydrogen-bond acceptors (Lipinski definition) is 6. The quantitative estimate of drug-likeness (QED) is 0.712. The zero-order valence-electron chi connectivity index (χ0n) is 15.0. The fourth-order valence-electron chi connectivity index (χ4n) is 1.97. The number of aliphatic hydroxyl groups is 1. The Bertz CT molecular complexity index is 600. The molecular formula is C17H23F2NO6. The van der Waals surface area contributed by atoms with Crippen LogP contribution < -0.4 is 10.1 Å². The lowest BCUT2D eigenvalue weighted by atomic mass is 10.0. The van der Waals surface area contributed by atoms with Gasteiger partial charge in [0, 0.05) is 0 Å². The van der Waals surface area contributed by atoms with E-state index in [4.69, 9.17) is 9.47 Å². The van der Waals surface area contributed by atoms with Gasteiger partial charge in [-0.1, -0.05) is 12.1 Å². The first kappa shape index (κ1) is 21.6. The zero-order valence-corrected chi connectivity index (χ0v) is 15.0. The monoisotopic (exact) mass is 375 g/mol. The number of carbonyl (C=O) groups excluding carboxylic acids is 2. The molecule has 2 N–H and O–H groups in total. The van der Waals surface area contributed by atoms with Crippen molar-refractivity contribution in [2.45, 2.75) is 52.1 Å². The lowest BCUT2D eigenvalue weighted by molar-refractivity contribution is -0.148. The Hall–Kier alpha value is -2.42. The third-order valence-corrected chi connectivity index (χ3v) is 2.98. The molecule has 1 aromatic carbocycles. The molecular weight excluding hydrogens is 352 g/mol. The molecule has 7 nitrogen and oxygen atoms in total. The molecule has 1 rings (SSSR count). The van der Waals surface area contributed by atoms with E-state index in [1.54, 1.807) is 27.7 Å². The van der Waals surface area contributed by atoms with Gasteiger partial charge >= 0.3 is 18.7 Å². The molecule has 0 radical (unpaired) electrons. The van der Waals surface area contributed by atoms with Crippen molar-refractivity contribution in [2.24, 2.45) is 0 Å². The molecule has 0 heterocycles. The van der Waals surface area contributed by atoms with Crippen LogP contribution in [0.1, 0.15) is 39.4 Å². The summed E-state index contributed by atoms with van der Waals surface area (Å²) in [5.41, 5.74) is -0.608. The first-order valence-electron chi connectivity index (χ1n) is 7.92. The average Bonchev–Trinajstić information content (AvgIpc) is 2.50. The van der Waals surface area contributed by atoms with Crippen molar-refractivity contribution in [1.82, 2.24) is 5.32 Å². The average molecular weight is 375 g/mol. The van der Waals surface area contributed by atoms with E-state index < -0.39 is 36.4 Å². The van der Waals surface area contributed by atoms with Gasteiger partial charge in [0.1, 0.15) is 17.5 Å². The Morgan fingerprint density at radius 1 is 1.19 bits per heavy atom. The number of rotatable bonds is 7. The minimum absolute atomic E-state index is 0.0409. The van der Waals surface area contributed by atoms with Gasteiger partial charge in [0.15, 0.2) is 6.04 Å². The van der Waals surface area contributed by atoms with Crippen LogP contribution in [0.3, 0.4) is 0 Å². The van der Waals surface area contributed by atoms with Crippen LogP contribution in [-0.2, 0) is 14.3 Å². The van der Waals surface area contributed by atoms with Crippen molar-refractivity contribution in [3.63, 3.8) is 0 Å². The molecule has 0 aliphatic rings. The number of esters is 1. The highest BCUT2D eigenvalue weighted by Gasteiger charge is 2.32. The number of alkyl carbamates (subject to hydrolysis) is 1. The summed E-state index contributed by atoms with van der Waals surface area (Å²) < 4.78 is 38.5. The van der Waals surface area contributed by atoms with Crippen LogP contribution in [0, 0.1) is 0 Å². The number of ether oxygens (including phenoxy) is 3. The van der Waals surface area contributed by atoms with E-state index >= 15 is 0 Å². The van der Waals surface area contributed by atoms with E-state index in [0.717, 1.165) is 0 Å². The lowest BCUT2D eigenvalue weighted by Gasteiger charge is -2.25. The molecule has 1 amide bonds. The van der Waals surface area contributed by atoms with Gasteiger partial charge in [0.05, 0.1) is 6.61 Å². The normalized spacial score (nSPS) is 13.7. The number of carbonyl (C=O) groups is 2. The number of aliphatic hydroxyl groups excluding tert-OH is 1. The number of halogens is 2. The van der Waals surface area contributed by atoms with Crippen molar-refractivity contribution < 1.29 is 37.7 Å². The maximum atomic E-state index is 12.2. The van der Waals surface area contributed by atoms with Crippen LogP contribution in [0.25, 0.3) is 0 Å². The molecule has 26 heavy (non-hydrogen) atoms. The summed E-state index contributed by atoms with van der Waals surface area (Å²) in [6, 6.07) is 3.57. The fourth-order valence-corrected chi connectivity index (χ4v) is 1.97. The van der Waals surface area contributed by atoms with E-state index in [9.17, 15) is 23.5 Å². The van der Waals surface area contributed by atoms with Crippen LogP contribution in [0.4, 0.5) is 13.6 Å². The van der Waals surface area contributed by atoms with E-state index in [1.165, 1.54) is 24.3 Å². The minimum Gasteiger partial charge on any atom is -0.464 e. The van der Waals surface area contributed by atoms with Crippen molar-refractivity contribution in [2.75, 3.05) is 6.61 Å². The van der Waals surface area contributed by atoms with E-state index in [1.807, 2.05) is 0 Å². The van der Waals surface area contributed by atoms with Gasteiger partial charge in [0.25, 0.3) is 0 Å². The van der Waals surface area contributed by atoms with Crippen LogP contribution in [-0.4, -0.2) is 42.0 Å². The van der Waals surface area contributed by atoms with Crippen LogP contribution in [0.2, 0.25) is 0 Å². The number of amides is 1. The lowest BCUT2D eigenvalue weighted by Crippen LogP contribution is -2.47.